The lowest BCUT2D eigenvalue weighted by Gasteiger charge is -2.17. The molecular weight excluding hydrogens is 416 g/mol. The van der Waals surface area contributed by atoms with E-state index in [9.17, 15) is 4.79 Å². The van der Waals surface area contributed by atoms with Crippen molar-refractivity contribution in [2.75, 3.05) is 0 Å². The number of benzene rings is 1. The minimum Gasteiger partial charge on any atom is -0.464 e. The van der Waals surface area contributed by atoms with Crippen molar-refractivity contribution in [1.82, 2.24) is 0 Å². The second kappa shape index (κ2) is 9.56. The number of hydrogen-bond acceptors (Lipinski definition) is 2. The Labute approximate surface area is 205 Å². The quantitative estimate of drug-likeness (QED) is 0.417. The van der Waals surface area contributed by atoms with Gasteiger partial charge in [0.15, 0.2) is 0 Å². The molecule has 2 aliphatic carbocycles. The van der Waals surface area contributed by atoms with Crippen LogP contribution in [-0.4, -0.2) is 5.78 Å². The third kappa shape index (κ3) is 5.37. The van der Waals surface area contributed by atoms with E-state index in [1.54, 1.807) is 0 Å². The van der Waals surface area contributed by atoms with Gasteiger partial charge in [0, 0.05) is 23.0 Å². The van der Waals surface area contributed by atoms with Crippen molar-refractivity contribution >= 4 is 11.4 Å². The van der Waals surface area contributed by atoms with Crippen molar-refractivity contribution in [2.45, 2.75) is 67.2 Å². The van der Waals surface area contributed by atoms with Crippen molar-refractivity contribution in [3.8, 4) is 11.3 Å². The van der Waals surface area contributed by atoms with Gasteiger partial charge in [-0.3, -0.25) is 4.79 Å². The first-order valence-corrected chi connectivity index (χ1v) is 12.8. The van der Waals surface area contributed by atoms with Gasteiger partial charge in [-0.05, 0) is 77.3 Å². The molecular formula is C32H40O2. The molecule has 4 atom stereocenters. The van der Waals surface area contributed by atoms with Gasteiger partial charge in [-0.25, -0.2) is 0 Å². The van der Waals surface area contributed by atoms with Gasteiger partial charge in [-0.2, -0.15) is 0 Å². The number of allylic oxidation sites excluding steroid dienone is 5. The number of Topliss-reactive ketones (excluding diaryl/α,β-unsaturated/α-hetero) is 1. The number of rotatable bonds is 7. The Bertz CT molecular complexity index is 1130. The Morgan fingerprint density at radius 3 is 2.56 bits per heavy atom. The average Bonchev–Trinajstić information content (AvgIpc) is 3.47. The van der Waals surface area contributed by atoms with E-state index in [1.165, 1.54) is 16.7 Å². The standard InChI is InChI=1S/C32H40O2/c1-20-13-26(28(14-20)29-16-21(2)23(4)31(29)33)15-22(3)27-18-30(34-19-27)25-10-8-9-24(17-25)11-12-32(5,6)7/h8-10,13-14,17-21,23,29H,3,11-12,15-16H2,1-2,4-7H3/t20?,21-,23+,29?/m1/s1. The lowest BCUT2D eigenvalue weighted by atomic mass is 9.87. The lowest BCUT2D eigenvalue weighted by Crippen LogP contribution is -2.15. The Morgan fingerprint density at radius 1 is 1.12 bits per heavy atom. The molecule has 1 aromatic heterocycles. The van der Waals surface area contributed by atoms with Gasteiger partial charge in [0.25, 0.3) is 0 Å². The van der Waals surface area contributed by atoms with Crippen LogP contribution >= 0.6 is 0 Å². The molecule has 0 radical (unpaired) electrons. The zero-order valence-electron chi connectivity index (χ0n) is 21.8. The number of carbonyl (C=O) groups excluding carboxylic acids is 1. The van der Waals surface area contributed by atoms with Crippen molar-refractivity contribution in [3.05, 3.63) is 77.6 Å². The van der Waals surface area contributed by atoms with Gasteiger partial charge in [0.2, 0.25) is 0 Å². The molecule has 0 saturated heterocycles. The molecule has 4 rings (SSSR count). The molecule has 2 unspecified atom stereocenters. The molecule has 0 N–H and O–H groups in total. The van der Waals surface area contributed by atoms with Gasteiger partial charge >= 0.3 is 0 Å². The summed E-state index contributed by atoms with van der Waals surface area (Å²) in [6.07, 6.45) is 10.4. The van der Waals surface area contributed by atoms with E-state index in [4.69, 9.17) is 4.42 Å². The maximum Gasteiger partial charge on any atom is 0.143 e. The van der Waals surface area contributed by atoms with Crippen molar-refractivity contribution in [1.29, 1.82) is 0 Å². The van der Waals surface area contributed by atoms with Crippen molar-refractivity contribution < 1.29 is 9.21 Å². The summed E-state index contributed by atoms with van der Waals surface area (Å²) in [7, 11) is 0. The van der Waals surface area contributed by atoms with Crippen LogP contribution < -0.4 is 0 Å². The highest BCUT2D eigenvalue weighted by atomic mass is 16.3. The molecule has 2 aromatic rings. The molecule has 1 fully saturated rings. The Balaban J connectivity index is 1.46. The van der Waals surface area contributed by atoms with Crippen molar-refractivity contribution in [2.24, 2.45) is 29.1 Å². The van der Waals surface area contributed by atoms with Crippen molar-refractivity contribution in [3.63, 3.8) is 0 Å². The SMILES string of the molecule is C=C(CC1=CC(C)C=C1C1C[C@@H](C)[C@H](C)C1=O)c1coc(-c2cccc(CCC(C)(C)C)c2)c1. The van der Waals surface area contributed by atoms with Crippen LogP contribution in [0.2, 0.25) is 0 Å². The second-order valence-electron chi connectivity index (χ2n) is 11.9. The smallest absolute Gasteiger partial charge is 0.143 e. The van der Waals surface area contributed by atoms with Crippen LogP contribution in [0.25, 0.3) is 16.9 Å². The summed E-state index contributed by atoms with van der Waals surface area (Å²) in [6, 6.07) is 10.8. The highest BCUT2D eigenvalue weighted by molar-refractivity contribution is 5.89. The molecule has 1 heterocycles. The molecule has 1 saturated carbocycles. The third-order valence-electron chi connectivity index (χ3n) is 7.69. The zero-order chi connectivity index (χ0) is 24.6. The number of carbonyl (C=O) groups is 1. The van der Waals surface area contributed by atoms with E-state index in [2.05, 4.69) is 90.6 Å². The fourth-order valence-corrected chi connectivity index (χ4v) is 5.33. The summed E-state index contributed by atoms with van der Waals surface area (Å²) in [5.74, 6) is 2.31. The minimum atomic E-state index is 0.0461. The predicted octanol–water partition coefficient (Wildman–Crippen LogP) is 8.69. The molecule has 2 aliphatic rings. The van der Waals surface area contributed by atoms with E-state index in [-0.39, 0.29) is 11.8 Å². The summed E-state index contributed by atoms with van der Waals surface area (Å²) < 4.78 is 5.98. The van der Waals surface area contributed by atoms with Crippen LogP contribution in [0.3, 0.4) is 0 Å². The number of hydrogen-bond donors (Lipinski definition) is 0. The fourth-order valence-electron chi connectivity index (χ4n) is 5.33. The van der Waals surface area contributed by atoms with Crippen LogP contribution in [0.5, 0.6) is 0 Å². The molecule has 0 spiro atoms. The van der Waals surface area contributed by atoms with Gasteiger partial charge in [0.1, 0.15) is 11.5 Å². The summed E-state index contributed by atoms with van der Waals surface area (Å²) in [4.78, 5) is 12.9. The number of aryl methyl sites for hydroxylation is 1. The Kier molecular flexibility index (Phi) is 6.90. The van der Waals surface area contributed by atoms with Gasteiger partial charge in [0.05, 0.1) is 6.26 Å². The Hall–Kier alpha value is -2.61. The second-order valence-corrected chi connectivity index (χ2v) is 11.9. The van der Waals surface area contributed by atoms with E-state index < -0.39 is 0 Å². The zero-order valence-corrected chi connectivity index (χ0v) is 21.8. The van der Waals surface area contributed by atoms with Crippen LogP contribution in [0, 0.1) is 29.1 Å². The van der Waals surface area contributed by atoms with E-state index in [0.29, 0.717) is 23.0 Å². The molecule has 0 bridgehead atoms. The summed E-state index contributed by atoms with van der Waals surface area (Å²) >= 11 is 0. The molecule has 0 aliphatic heterocycles. The normalized spacial score (nSPS) is 24.9. The molecule has 34 heavy (non-hydrogen) atoms. The lowest BCUT2D eigenvalue weighted by molar-refractivity contribution is -0.122. The third-order valence-corrected chi connectivity index (χ3v) is 7.69. The van der Waals surface area contributed by atoms with E-state index in [0.717, 1.165) is 48.1 Å². The van der Waals surface area contributed by atoms with Gasteiger partial charge < -0.3 is 4.42 Å². The highest BCUT2D eigenvalue weighted by Crippen LogP contribution is 2.44. The largest absolute Gasteiger partial charge is 0.464 e. The highest BCUT2D eigenvalue weighted by Gasteiger charge is 2.40. The number of ketones is 1. The van der Waals surface area contributed by atoms with E-state index in [1.807, 2.05) is 6.26 Å². The fraction of sp³-hybridized carbons (Fsp3) is 0.469. The maximum absolute atomic E-state index is 12.9. The topological polar surface area (TPSA) is 30.2 Å². The average molecular weight is 457 g/mol. The van der Waals surface area contributed by atoms with E-state index >= 15 is 0 Å². The van der Waals surface area contributed by atoms with Crippen LogP contribution in [0.1, 0.15) is 71.9 Å². The molecule has 180 valence electrons. The first-order chi connectivity index (χ1) is 16.0. The molecule has 2 nitrogen and oxygen atoms in total. The van der Waals surface area contributed by atoms with Crippen LogP contribution in [-0.2, 0) is 11.2 Å². The summed E-state index contributed by atoms with van der Waals surface area (Å²) in [6.45, 7) is 17.7. The first kappa shape index (κ1) is 24.5. The van der Waals surface area contributed by atoms with Crippen LogP contribution in [0.15, 0.2) is 70.9 Å². The maximum atomic E-state index is 12.9. The predicted molar refractivity (Wildman–Crippen MR) is 142 cm³/mol. The molecule has 0 amide bonds. The summed E-state index contributed by atoms with van der Waals surface area (Å²) in [5, 5.41) is 0. The molecule has 1 aromatic carbocycles. The van der Waals surface area contributed by atoms with Gasteiger partial charge in [-0.1, -0.05) is 78.5 Å². The molecule has 2 heteroatoms. The van der Waals surface area contributed by atoms with Crippen LogP contribution in [0.4, 0.5) is 0 Å². The minimum absolute atomic E-state index is 0.0461. The monoisotopic (exact) mass is 456 g/mol. The first-order valence-electron chi connectivity index (χ1n) is 12.8. The Morgan fingerprint density at radius 2 is 1.88 bits per heavy atom. The summed E-state index contributed by atoms with van der Waals surface area (Å²) in [5.41, 5.74) is 7.36. The number of furan rings is 1. The van der Waals surface area contributed by atoms with Gasteiger partial charge in [-0.15, -0.1) is 0 Å².